The van der Waals surface area contributed by atoms with Gasteiger partial charge in [0.15, 0.2) is 0 Å². The minimum absolute atomic E-state index is 0.562. The topological polar surface area (TPSA) is 42.2 Å². The summed E-state index contributed by atoms with van der Waals surface area (Å²) in [6, 6.07) is 9.03. The summed E-state index contributed by atoms with van der Waals surface area (Å²) in [7, 11) is 0. The van der Waals surface area contributed by atoms with Gasteiger partial charge in [0, 0.05) is 29.2 Å². The van der Waals surface area contributed by atoms with Crippen LogP contribution in [-0.4, -0.2) is 15.6 Å². The van der Waals surface area contributed by atoms with Gasteiger partial charge in [-0.15, -0.1) is 0 Å². The lowest BCUT2D eigenvalue weighted by Gasteiger charge is -2.20. The Kier molecular flexibility index (Phi) is 7.96. The molecule has 0 aliphatic carbocycles. The summed E-state index contributed by atoms with van der Waals surface area (Å²) >= 11 is 0. The van der Waals surface area contributed by atoms with Gasteiger partial charge < -0.3 is 9.67 Å². The van der Waals surface area contributed by atoms with Gasteiger partial charge in [-0.25, -0.2) is 4.79 Å². The molecule has 3 nitrogen and oxygen atoms in total. The number of benzene rings is 1. The van der Waals surface area contributed by atoms with Gasteiger partial charge in [-0.05, 0) is 49.1 Å². The van der Waals surface area contributed by atoms with Crippen molar-refractivity contribution in [3.63, 3.8) is 0 Å². The summed E-state index contributed by atoms with van der Waals surface area (Å²) in [5, 5.41) is 10.2. The number of carbonyl (C=O) groups is 1. The van der Waals surface area contributed by atoms with Crippen molar-refractivity contribution in [3.05, 3.63) is 42.1 Å². The van der Waals surface area contributed by atoms with Crippen molar-refractivity contribution in [2.45, 2.75) is 78.2 Å². The van der Waals surface area contributed by atoms with E-state index in [-0.39, 0.29) is 0 Å². The SMILES string of the molecule is CCCCCC(CCCCC)n1ccc2cc(/C(C)=C/C(=O)O)ccc21. The van der Waals surface area contributed by atoms with Crippen molar-refractivity contribution in [1.29, 1.82) is 0 Å². The van der Waals surface area contributed by atoms with Crippen LogP contribution in [0.25, 0.3) is 16.5 Å². The van der Waals surface area contributed by atoms with Crippen molar-refractivity contribution in [2.24, 2.45) is 0 Å². The Balaban J connectivity index is 2.26. The number of aliphatic carboxylic acids is 1. The maximum Gasteiger partial charge on any atom is 0.328 e. The molecule has 0 fully saturated rings. The molecule has 1 heterocycles. The molecule has 3 heteroatoms. The normalized spacial score (nSPS) is 12.2. The fourth-order valence-electron chi connectivity index (χ4n) is 3.68. The molecule has 1 N–H and O–H groups in total. The van der Waals surface area contributed by atoms with Crippen LogP contribution >= 0.6 is 0 Å². The number of carboxylic acid groups (broad SMARTS) is 1. The number of aromatic nitrogens is 1. The van der Waals surface area contributed by atoms with Crippen molar-refractivity contribution in [2.75, 3.05) is 0 Å². The van der Waals surface area contributed by atoms with E-state index in [4.69, 9.17) is 5.11 Å². The van der Waals surface area contributed by atoms with E-state index in [1.54, 1.807) is 0 Å². The Morgan fingerprint density at radius 3 is 2.31 bits per heavy atom. The molecule has 2 rings (SSSR count). The molecule has 0 amide bonds. The summed E-state index contributed by atoms with van der Waals surface area (Å²) < 4.78 is 2.45. The fraction of sp³-hybridized carbons (Fsp3) is 0.522. The molecular weight excluding hydrogens is 322 g/mol. The van der Waals surface area contributed by atoms with Crippen LogP contribution < -0.4 is 0 Å². The molecule has 0 unspecified atom stereocenters. The summed E-state index contributed by atoms with van der Waals surface area (Å²) in [5.41, 5.74) is 3.02. The van der Waals surface area contributed by atoms with E-state index in [1.165, 1.54) is 68.3 Å². The van der Waals surface area contributed by atoms with Crippen LogP contribution in [0.1, 0.15) is 83.7 Å². The molecule has 0 spiro atoms. The molecular formula is C23H33NO2. The molecule has 1 aromatic heterocycles. The third-order valence-electron chi connectivity index (χ3n) is 5.19. The first-order valence-corrected chi connectivity index (χ1v) is 10.1. The maximum absolute atomic E-state index is 10.9. The van der Waals surface area contributed by atoms with Gasteiger partial charge >= 0.3 is 5.97 Å². The average Bonchev–Trinajstić information content (AvgIpc) is 3.03. The standard InChI is InChI=1S/C23H33NO2/c1-4-6-8-10-21(11-9-7-5-2)24-15-14-20-17-19(12-13-22(20)24)18(3)16-23(25)26/h12-17,21H,4-11H2,1-3H3,(H,25,26)/b18-16+. The van der Waals surface area contributed by atoms with Crippen LogP contribution in [0.2, 0.25) is 0 Å². The first kappa shape index (κ1) is 20.3. The van der Waals surface area contributed by atoms with Crippen LogP contribution in [0, 0.1) is 0 Å². The third kappa shape index (κ3) is 5.48. The van der Waals surface area contributed by atoms with E-state index in [0.717, 1.165) is 11.1 Å². The predicted molar refractivity (Wildman–Crippen MR) is 111 cm³/mol. The maximum atomic E-state index is 10.9. The molecule has 0 saturated heterocycles. The summed E-state index contributed by atoms with van der Waals surface area (Å²) in [4.78, 5) is 10.9. The second kappa shape index (κ2) is 10.2. The first-order valence-electron chi connectivity index (χ1n) is 10.1. The molecule has 26 heavy (non-hydrogen) atoms. The van der Waals surface area contributed by atoms with Crippen molar-refractivity contribution in [1.82, 2.24) is 4.57 Å². The number of hydrogen-bond acceptors (Lipinski definition) is 1. The minimum Gasteiger partial charge on any atom is -0.478 e. The molecule has 142 valence electrons. The highest BCUT2D eigenvalue weighted by atomic mass is 16.4. The number of hydrogen-bond donors (Lipinski definition) is 1. The average molecular weight is 356 g/mol. The number of rotatable bonds is 11. The van der Waals surface area contributed by atoms with Gasteiger partial charge in [-0.1, -0.05) is 58.4 Å². The Bertz CT molecular complexity index is 732. The molecule has 0 aliphatic rings. The lowest BCUT2D eigenvalue weighted by Crippen LogP contribution is -2.08. The quantitative estimate of drug-likeness (QED) is 0.354. The Hall–Kier alpha value is -2.03. The summed E-state index contributed by atoms with van der Waals surface area (Å²) in [6.07, 6.45) is 13.6. The molecule has 0 radical (unpaired) electrons. The summed E-state index contributed by atoms with van der Waals surface area (Å²) in [5.74, 6) is -0.896. The number of allylic oxidation sites excluding steroid dienone is 1. The fourth-order valence-corrected chi connectivity index (χ4v) is 3.68. The van der Waals surface area contributed by atoms with Crippen molar-refractivity contribution in [3.8, 4) is 0 Å². The number of nitrogens with zero attached hydrogens (tertiary/aromatic N) is 1. The van der Waals surface area contributed by atoms with Gasteiger partial charge in [0.25, 0.3) is 0 Å². The Morgan fingerprint density at radius 1 is 1.08 bits per heavy atom. The summed E-state index contributed by atoms with van der Waals surface area (Å²) in [6.45, 7) is 6.36. The van der Waals surface area contributed by atoms with Crippen LogP contribution in [0.5, 0.6) is 0 Å². The Labute approximate surface area is 157 Å². The van der Waals surface area contributed by atoms with Crippen LogP contribution in [-0.2, 0) is 4.79 Å². The molecule has 2 aromatic rings. The van der Waals surface area contributed by atoms with Crippen LogP contribution in [0.3, 0.4) is 0 Å². The van der Waals surface area contributed by atoms with Gasteiger partial charge in [-0.3, -0.25) is 0 Å². The Morgan fingerprint density at radius 2 is 1.73 bits per heavy atom. The van der Waals surface area contributed by atoms with Gasteiger partial charge in [-0.2, -0.15) is 0 Å². The zero-order chi connectivity index (χ0) is 18.9. The second-order valence-corrected chi connectivity index (χ2v) is 7.31. The zero-order valence-corrected chi connectivity index (χ0v) is 16.5. The third-order valence-corrected chi connectivity index (χ3v) is 5.19. The minimum atomic E-state index is -0.896. The van der Waals surface area contributed by atoms with Gasteiger partial charge in [0.05, 0.1) is 0 Å². The highest BCUT2D eigenvalue weighted by molar-refractivity contribution is 5.91. The predicted octanol–water partition coefficient (Wildman–Crippen LogP) is 6.83. The second-order valence-electron chi connectivity index (χ2n) is 7.31. The van der Waals surface area contributed by atoms with E-state index in [1.807, 2.05) is 13.0 Å². The lowest BCUT2D eigenvalue weighted by atomic mass is 10.0. The van der Waals surface area contributed by atoms with Gasteiger partial charge in [0.1, 0.15) is 0 Å². The smallest absolute Gasteiger partial charge is 0.328 e. The highest BCUT2D eigenvalue weighted by Gasteiger charge is 2.13. The number of fused-ring (bicyclic) bond motifs is 1. The van der Waals surface area contributed by atoms with E-state index < -0.39 is 5.97 Å². The van der Waals surface area contributed by atoms with Gasteiger partial charge in [0.2, 0.25) is 0 Å². The molecule has 0 saturated carbocycles. The van der Waals surface area contributed by atoms with Crippen molar-refractivity contribution >= 4 is 22.4 Å². The van der Waals surface area contributed by atoms with E-state index in [0.29, 0.717) is 6.04 Å². The van der Waals surface area contributed by atoms with Crippen molar-refractivity contribution < 1.29 is 9.90 Å². The molecule has 1 aromatic carbocycles. The van der Waals surface area contributed by atoms with E-state index >= 15 is 0 Å². The van der Waals surface area contributed by atoms with Crippen LogP contribution in [0.15, 0.2) is 36.5 Å². The van der Waals surface area contributed by atoms with E-state index in [2.05, 4.69) is 42.8 Å². The molecule has 0 aliphatic heterocycles. The largest absolute Gasteiger partial charge is 0.478 e. The number of unbranched alkanes of at least 4 members (excludes halogenated alkanes) is 4. The van der Waals surface area contributed by atoms with Crippen LogP contribution in [0.4, 0.5) is 0 Å². The molecule has 0 atom stereocenters. The molecule has 0 bridgehead atoms. The monoisotopic (exact) mass is 355 g/mol. The lowest BCUT2D eigenvalue weighted by molar-refractivity contribution is -0.131. The zero-order valence-electron chi connectivity index (χ0n) is 16.5. The highest BCUT2D eigenvalue weighted by Crippen LogP contribution is 2.29. The number of carboxylic acids is 1. The van der Waals surface area contributed by atoms with E-state index in [9.17, 15) is 4.79 Å². The first-order chi connectivity index (χ1) is 12.6.